The Hall–Kier alpha value is -0.220. The molecule has 1 heterocycles. The molecule has 0 aromatic carbocycles. The van der Waals surface area contributed by atoms with Crippen LogP contribution < -0.4 is 10.9 Å². The van der Waals surface area contributed by atoms with Gasteiger partial charge >= 0.3 is 0 Å². The summed E-state index contributed by atoms with van der Waals surface area (Å²) < 4.78 is 0.852. The second-order valence-electron chi connectivity index (χ2n) is 2.75. The van der Waals surface area contributed by atoms with E-state index >= 15 is 0 Å². The summed E-state index contributed by atoms with van der Waals surface area (Å²) in [7, 11) is 0. The maximum absolute atomic E-state index is 5.03. The van der Waals surface area contributed by atoms with Crippen molar-refractivity contribution < 1.29 is 0 Å². The van der Waals surface area contributed by atoms with Gasteiger partial charge in [0.15, 0.2) is 4.32 Å². The number of thiocarbonyl (C=S) groups is 1. The molecule has 2 N–H and O–H groups in total. The highest BCUT2D eigenvalue weighted by atomic mass is 32.2. The lowest BCUT2D eigenvalue weighted by atomic mass is 10.1. The van der Waals surface area contributed by atoms with Crippen LogP contribution in [0.15, 0.2) is 10.6 Å². The molecule has 4 heteroatoms. The van der Waals surface area contributed by atoms with E-state index in [0.717, 1.165) is 4.32 Å². The molecule has 2 rings (SSSR count). The average molecular weight is 186 g/mol. The Bertz CT molecular complexity index is 222. The van der Waals surface area contributed by atoms with E-state index in [0.29, 0.717) is 0 Å². The summed E-state index contributed by atoms with van der Waals surface area (Å²) in [5, 5.41) is 0. The van der Waals surface area contributed by atoms with Crippen molar-refractivity contribution in [2.75, 3.05) is 0 Å². The first-order chi connectivity index (χ1) is 5.36. The highest BCUT2D eigenvalue weighted by Gasteiger charge is 2.18. The smallest absolute Gasteiger partial charge is 0.156 e. The quantitative estimate of drug-likeness (QED) is 0.564. The highest BCUT2D eigenvalue weighted by Crippen LogP contribution is 2.33. The molecule has 0 atom stereocenters. The van der Waals surface area contributed by atoms with Gasteiger partial charge in [-0.25, -0.2) is 0 Å². The molecule has 2 nitrogen and oxygen atoms in total. The van der Waals surface area contributed by atoms with Gasteiger partial charge in [0, 0.05) is 10.6 Å². The van der Waals surface area contributed by atoms with Crippen LogP contribution in [-0.2, 0) is 0 Å². The van der Waals surface area contributed by atoms with Gasteiger partial charge in [-0.15, -0.1) is 0 Å². The third-order valence-electron chi connectivity index (χ3n) is 1.95. The number of rotatable bonds is 0. The van der Waals surface area contributed by atoms with Gasteiger partial charge in [0.05, 0.1) is 0 Å². The van der Waals surface area contributed by atoms with Crippen molar-refractivity contribution in [3.8, 4) is 0 Å². The van der Waals surface area contributed by atoms with Crippen LogP contribution in [0.25, 0.3) is 0 Å². The molecule has 0 saturated heterocycles. The van der Waals surface area contributed by atoms with Crippen LogP contribution in [-0.4, -0.2) is 4.32 Å². The topological polar surface area (TPSA) is 24.1 Å². The van der Waals surface area contributed by atoms with E-state index < -0.39 is 0 Å². The van der Waals surface area contributed by atoms with E-state index in [2.05, 4.69) is 10.9 Å². The molecule has 60 valence electrons. The van der Waals surface area contributed by atoms with Crippen molar-refractivity contribution in [1.82, 2.24) is 10.9 Å². The van der Waals surface area contributed by atoms with E-state index in [1.807, 2.05) is 0 Å². The predicted octanol–water partition coefficient (Wildman–Crippen LogP) is 1.90. The lowest BCUT2D eigenvalue weighted by Gasteiger charge is -2.26. The van der Waals surface area contributed by atoms with Crippen molar-refractivity contribution in [3.63, 3.8) is 0 Å². The van der Waals surface area contributed by atoms with E-state index in [1.165, 1.54) is 36.3 Å². The number of allylic oxidation sites excluding steroid dienone is 2. The fraction of sp³-hybridized carbons (Fsp3) is 0.571. The van der Waals surface area contributed by atoms with E-state index in [-0.39, 0.29) is 0 Å². The van der Waals surface area contributed by atoms with Gasteiger partial charge in [-0.1, -0.05) is 24.0 Å². The molecular weight excluding hydrogens is 176 g/mol. The summed E-state index contributed by atoms with van der Waals surface area (Å²) in [6.07, 6.45) is 5.00. The summed E-state index contributed by atoms with van der Waals surface area (Å²) in [4.78, 5) is 1.44. The Morgan fingerprint density at radius 1 is 1.18 bits per heavy atom. The third kappa shape index (κ3) is 1.51. The molecule has 0 fully saturated rings. The van der Waals surface area contributed by atoms with E-state index in [4.69, 9.17) is 12.2 Å². The Balaban J connectivity index is 2.18. The number of hydrogen-bond donors (Lipinski definition) is 2. The number of hydrogen-bond acceptors (Lipinski definition) is 3. The summed E-state index contributed by atoms with van der Waals surface area (Å²) in [5.74, 6) is 0. The Morgan fingerprint density at radius 3 is 2.91 bits per heavy atom. The Kier molecular flexibility index (Phi) is 2.05. The number of hydrazine groups is 1. The minimum atomic E-state index is 0.852. The number of nitrogens with one attached hydrogen (secondary N) is 2. The summed E-state index contributed by atoms with van der Waals surface area (Å²) in [6, 6.07) is 0. The van der Waals surface area contributed by atoms with Gasteiger partial charge in [0.25, 0.3) is 0 Å². The molecular formula is C7H10N2S2. The maximum atomic E-state index is 5.03. The maximum Gasteiger partial charge on any atom is 0.156 e. The molecule has 1 aliphatic heterocycles. The molecule has 0 aromatic rings. The van der Waals surface area contributed by atoms with Gasteiger partial charge in [-0.3, -0.25) is 5.43 Å². The lowest BCUT2D eigenvalue weighted by molar-refractivity contribution is 0.618. The fourth-order valence-electron chi connectivity index (χ4n) is 1.39. The summed E-state index contributed by atoms with van der Waals surface area (Å²) in [5.41, 5.74) is 7.46. The SMILES string of the molecule is S=C1NNC2=C(CCCC2)S1. The minimum Gasteiger partial charge on any atom is -0.303 e. The molecule has 0 saturated carbocycles. The molecule has 0 aromatic heterocycles. The standard InChI is InChI=1S/C7H10N2S2/c10-7-9-8-5-3-1-2-4-6(5)11-7/h8H,1-4H2,(H,9,10). The van der Waals surface area contributed by atoms with Gasteiger partial charge in [-0.05, 0) is 25.7 Å². The van der Waals surface area contributed by atoms with Gasteiger partial charge in [0.1, 0.15) is 0 Å². The normalized spacial score (nSPS) is 23.8. The monoisotopic (exact) mass is 186 g/mol. The van der Waals surface area contributed by atoms with E-state index in [9.17, 15) is 0 Å². The van der Waals surface area contributed by atoms with Crippen molar-refractivity contribution in [2.45, 2.75) is 25.7 Å². The first-order valence-corrected chi connectivity index (χ1v) is 5.04. The summed E-state index contributed by atoms with van der Waals surface area (Å²) in [6.45, 7) is 0. The second-order valence-corrected chi connectivity index (χ2v) is 4.52. The Labute approximate surface area is 75.8 Å². The van der Waals surface area contributed by atoms with Crippen molar-refractivity contribution in [3.05, 3.63) is 10.6 Å². The van der Waals surface area contributed by atoms with Gasteiger partial charge < -0.3 is 5.43 Å². The molecule has 0 amide bonds. The largest absolute Gasteiger partial charge is 0.303 e. The number of thioether (sulfide) groups is 1. The van der Waals surface area contributed by atoms with Crippen LogP contribution >= 0.6 is 24.0 Å². The average Bonchev–Trinajstić information content (AvgIpc) is 2.04. The second kappa shape index (κ2) is 3.03. The predicted molar refractivity (Wildman–Crippen MR) is 52.0 cm³/mol. The third-order valence-corrected chi connectivity index (χ3v) is 3.28. The van der Waals surface area contributed by atoms with Gasteiger partial charge in [-0.2, -0.15) is 0 Å². The molecule has 0 unspecified atom stereocenters. The van der Waals surface area contributed by atoms with Crippen molar-refractivity contribution in [2.24, 2.45) is 0 Å². The summed E-state index contributed by atoms with van der Waals surface area (Å²) >= 11 is 6.74. The zero-order chi connectivity index (χ0) is 7.68. The molecule has 1 aliphatic carbocycles. The van der Waals surface area contributed by atoms with Crippen LogP contribution in [0.5, 0.6) is 0 Å². The fourth-order valence-corrected chi connectivity index (χ4v) is 2.59. The molecule has 2 aliphatic rings. The molecule has 0 spiro atoms. The first kappa shape index (κ1) is 7.43. The molecule has 0 radical (unpaired) electrons. The molecule has 0 bridgehead atoms. The zero-order valence-electron chi connectivity index (χ0n) is 6.14. The van der Waals surface area contributed by atoms with E-state index in [1.54, 1.807) is 11.8 Å². The van der Waals surface area contributed by atoms with Crippen LogP contribution in [0.4, 0.5) is 0 Å². The van der Waals surface area contributed by atoms with Crippen LogP contribution in [0.3, 0.4) is 0 Å². The molecule has 11 heavy (non-hydrogen) atoms. The van der Waals surface area contributed by atoms with Gasteiger partial charge in [0.2, 0.25) is 0 Å². The van der Waals surface area contributed by atoms with Crippen LogP contribution in [0, 0.1) is 0 Å². The van der Waals surface area contributed by atoms with Crippen LogP contribution in [0.1, 0.15) is 25.7 Å². The van der Waals surface area contributed by atoms with Crippen molar-refractivity contribution in [1.29, 1.82) is 0 Å². The minimum absolute atomic E-state index is 0.852. The first-order valence-electron chi connectivity index (χ1n) is 3.82. The lowest BCUT2D eigenvalue weighted by Crippen LogP contribution is -2.38. The highest BCUT2D eigenvalue weighted by molar-refractivity contribution is 8.25. The Morgan fingerprint density at radius 2 is 2.00 bits per heavy atom. The van der Waals surface area contributed by atoms with Crippen LogP contribution in [0.2, 0.25) is 0 Å². The van der Waals surface area contributed by atoms with Crippen molar-refractivity contribution >= 4 is 28.3 Å². The zero-order valence-corrected chi connectivity index (χ0v) is 7.78.